The summed E-state index contributed by atoms with van der Waals surface area (Å²) in [5.41, 5.74) is -0.523. The molecule has 0 unspecified atom stereocenters. The molecule has 0 aliphatic heterocycles. The first-order valence-corrected chi connectivity index (χ1v) is 18.8. The lowest BCUT2D eigenvalue weighted by Crippen LogP contribution is -2.43. The Kier molecular flexibility index (Phi) is 20.9. The summed E-state index contributed by atoms with van der Waals surface area (Å²) in [5, 5.41) is 0. The van der Waals surface area contributed by atoms with Crippen molar-refractivity contribution < 1.29 is 18.9 Å². The highest BCUT2D eigenvalue weighted by Crippen LogP contribution is 2.38. The number of hydrogen-bond acceptors (Lipinski definition) is 7. The van der Waals surface area contributed by atoms with Crippen LogP contribution in [0, 0.1) is 0 Å². The summed E-state index contributed by atoms with van der Waals surface area (Å²) in [6.45, 7) is 15.8. The van der Waals surface area contributed by atoms with Crippen LogP contribution in [0.3, 0.4) is 0 Å². The summed E-state index contributed by atoms with van der Waals surface area (Å²) < 4.78 is 24.5. The van der Waals surface area contributed by atoms with Crippen molar-refractivity contribution in [2.45, 2.75) is 90.1 Å². The lowest BCUT2D eigenvalue weighted by Gasteiger charge is -2.33. The summed E-state index contributed by atoms with van der Waals surface area (Å²) in [6, 6.07) is 2.57. The smallest absolute Gasteiger partial charge is 0.145 e. The lowest BCUT2D eigenvalue weighted by molar-refractivity contribution is -0.176. The topological polar surface area (TPSA) is 36.9 Å². The fraction of sp³-hybridized carbons (Fsp3) is 1.00. The summed E-state index contributed by atoms with van der Waals surface area (Å²) >= 11 is 0. The maximum Gasteiger partial charge on any atom is 0.145 e. The third kappa shape index (κ3) is 14.2. The van der Waals surface area contributed by atoms with Gasteiger partial charge in [0, 0.05) is 50.8 Å². The van der Waals surface area contributed by atoms with Crippen LogP contribution in [0.4, 0.5) is 0 Å². The van der Waals surface area contributed by atoms with Crippen LogP contribution in [-0.2, 0) is 18.9 Å². The van der Waals surface area contributed by atoms with Gasteiger partial charge >= 0.3 is 0 Å². The molecule has 0 amide bonds. The van der Waals surface area contributed by atoms with E-state index in [2.05, 4.69) is 41.5 Å². The minimum absolute atomic E-state index is 0.261. The van der Waals surface area contributed by atoms with Gasteiger partial charge < -0.3 is 18.9 Å². The van der Waals surface area contributed by atoms with Gasteiger partial charge in [-0.3, -0.25) is 0 Å². The Morgan fingerprint density at radius 3 is 1.21 bits per heavy atom. The van der Waals surface area contributed by atoms with E-state index >= 15 is 0 Å². The van der Waals surface area contributed by atoms with E-state index in [0.29, 0.717) is 0 Å². The molecule has 0 radical (unpaired) electrons. The Morgan fingerprint density at radius 1 is 0.586 bits per heavy atom. The average molecular weight is 503 g/mol. The van der Waals surface area contributed by atoms with Crippen molar-refractivity contribution in [1.29, 1.82) is 0 Å². The normalized spacial score (nSPS) is 13.4. The van der Waals surface area contributed by atoms with Crippen LogP contribution in [0.25, 0.3) is 0 Å². The van der Waals surface area contributed by atoms with Crippen molar-refractivity contribution in [3.8, 4) is 0 Å². The maximum absolute atomic E-state index is 6.12. The Hall–Kier alpha value is 1.32. The average Bonchev–Trinajstić information content (AvgIpc) is 2.71. The Morgan fingerprint density at radius 2 is 0.931 bits per heavy atom. The first-order chi connectivity index (χ1) is 14.1. The second-order valence-corrected chi connectivity index (χ2v) is 16.0. The van der Waals surface area contributed by atoms with Crippen LogP contribution in [0.15, 0.2) is 0 Å². The Balaban J connectivity index is 4.35. The van der Waals surface area contributed by atoms with Gasteiger partial charge in [-0.25, -0.2) is 0 Å². The molecule has 0 atom stereocenters. The van der Waals surface area contributed by atoms with Crippen LogP contribution in [0.2, 0.25) is 12.1 Å². The molecule has 9 heteroatoms. The van der Waals surface area contributed by atoms with Gasteiger partial charge in [-0.2, -0.15) is 0 Å². The number of rotatable bonds is 22. The van der Waals surface area contributed by atoms with Crippen molar-refractivity contribution in [2.24, 2.45) is 0 Å². The molecular weight excluding hydrogens is 457 g/mol. The third-order valence-corrected chi connectivity index (χ3v) is 14.1. The highest BCUT2D eigenvalue weighted by molar-refractivity contribution is 9.09. The Bertz CT molecular complexity index is 325. The molecule has 4 nitrogen and oxygen atoms in total. The van der Waals surface area contributed by atoms with Crippen LogP contribution in [0.5, 0.6) is 0 Å². The van der Waals surface area contributed by atoms with Gasteiger partial charge in [0.2, 0.25) is 0 Å². The lowest BCUT2D eigenvalue weighted by atomic mass is 10.4. The van der Waals surface area contributed by atoms with Gasteiger partial charge in [0.05, 0.1) is 19.0 Å². The van der Waals surface area contributed by atoms with E-state index in [1.54, 1.807) is 0 Å². The molecule has 29 heavy (non-hydrogen) atoms. The fourth-order valence-corrected chi connectivity index (χ4v) is 11.8. The zero-order valence-corrected chi connectivity index (χ0v) is 25.0. The molecule has 0 aliphatic rings. The predicted molar refractivity (Wildman–Crippen MR) is 141 cm³/mol. The van der Waals surface area contributed by atoms with Gasteiger partial charge in [-0.05, 0) is 37.5 Å². The van der Waals surface area contributed by atoms with E-state index in [1.165, 1.54) is 24.9 Å². The molecule has 0 aromatic heterocycles. The molecule has 0 bridgehead atoms. The van der Waals surface area contributed by atoms with Crippen LogP contribution in [-0.4, -0.2) is 67.8 Å². The van der Waals surface area contributed by atoms with Gasteiger partial charge in [-0.15, -0.1) is 0 Å². The predicted octanol–water partition coefficient (Wildman–Crippen LogP) is 5.24. The SMILES string of the molecule is CCC[SiH2]C(CCSSSCCC(OCC)(OCC)[SiH2]CCC)(OCC)OCC. The molecule has 0 aliphatic carbocycles. The third-order valence-electron chi connectivity index (χ3n) is 4.68. The van der Waals surface area contributed by atoms with Crippen molar-refractivity contribution in [2.75, 3.05) is 37.9 Å². The summed E-state index contributed by atoms with van der Waals surface area (Å²) in [5.74, 6) is 2.14. The summed E-state index contributed by atoms with van der Waals surface area (Å²) in [7, 11) is 4.98. The summed E-state index contributed by atoms with van der Waals surface area (Å²) in [6.07, 6.45) is 4.47. The van der Waals surface area contributed by atoms with Crippen LogP contribution >= 0.6 is 31.4 Å². The number of hydrogen-bond donors (Lipinski definition) is 0. The van der Waals surface area contributed by atoms with E-state index in [-0.39, 0.29) is 29.9 Å². The van der Waals surface area contributed by atoms with Crippen molar-refractivity contribution >= 4 is 50.5 Å². The molecule has 0 saturated heterocycles. The van der Waals surface area contributed by atoms with Crippen molar-refractivity contribution in [1.82, 2.24) is 0 Å². The molecule has 0 saturated carbocycles. The van der Waals surface area contributed by atoms with Crippen molar-refractivity contribution in [3.05, 3.63) is 0 Å². The maximum atomic E-state index is 6.12. The van der Waals surface area contributed by atoms with E-state index in [1.807, 2.05) is 31.4 Å². The number of ether oxygens (including phenoxy) is 4. The van der Waals surface area contributed by atoms with E-state index in [0.717, 1.165) is 50.8 Å². The molecule has 0 aromatic carbocycles. The zero-order valence-electron chi connectivity index (χ0n) is 19.8. The van der Waals surface area contributed by atoms with E-state index in [9.17, 15) is 0 Å². The van der Waals surface area contributed by atoms with Gasteiger partial charge in [-0.1, -0.05) is 60.4 Å². The highest BCUT2D eigenvalue weighted by atomic mass is 33.5. The van der Waals surface area contributed by atoms with Gasteiger partial charge in [0.25, 0.3) is 0 Å². The molecule has 0 aromatic rings. The standard InChI is InChI=1S/C20H46O4S3Si2/c1-7-17-28-19(21-9-3,22-10-4)13-15-25-27-26-16-14-20(23-11-5,24-12-6)29-18-8-2/h7-18,28-29H2,1-6H3. The molecule has 0 fully saturated rings. The molecule has 0 N–H and O–H groups in total. The minimum Gasteiger partial charge on any atom is -0.355 e. The molecule has 0 spiro atoms. The molecular formula is C20H46O4S3Si2. The molecule has 176 valence electrons. The molecule has 0 heterocycles. The Labute approximate surface area is 196 Å². The second-order valence-electron chi connectivity index (χ2n) is 6.97. The zero-order chi connectivity index (χ0) is 21.8. The monoisotopic (exact) mass is 502 g/mol. The van der Waals surface area contributed by atoms with Gasteiger partial charge in [0.1, 0.15) is 10.8 Å². The first-order valence-electron chi connectivity index (χ1n) is 11.5. The van der Waals surface area contributed by atoms with Crippen LogP contribution < -0.4 is 0 Å². The fourth-order valence-electron chi connectivity index (χ4n) is 3.35. The summed E-state index contributed by atoms with van der Waals surface area (Å²) in [4.78, 5) is 0. The van der Waals surface area contributed by atoms with Gasteiger partial charge in [0.15, 0.2) is 0 Å². The highest BCUT2D eigenvalue weighted by Gasteiger charge is 2.31. The minimum atomic E-state index is -0.389. The second kappa shape index (κ2) is 20.0. The first kappa shape index (κ1) is 30.3. The van der Waals surface area contributed by atoms with Crippen LogP contribution in [0.1, 0.15) is 67.2 Å². The van der Waals surface area contributed by atoms with E-state index in [4.69, 9.17) is 18.9 Å². The largest absolute Gasteiger partial charge is 0.355 e. The quantitative estimate of drug-likeness (QED) is 0.0866. The van der Waals surface area contributed by atoms with E-state index < -0.39 is 0 Å². The van der Waals surface area contributed by atoms with Crippen molar-refractivity contribution in [3.63, 3.8) is 0 Å². The molecule has 0 rings (SSSR count).